The Hall–Kier alpha value is -2.18. The number of rotatable bonds is 3. The van der Waals surface area contributed by atoms with Crippen molar-refractivity contribution in [2.75, 3.05) is 0 Å². The molecule has 0 saturated heterocycles. The fourth-order valence-electron chi connectivity index (χ4n) is 2.37. The molecule has 3 rings (SSSR count). The van der Waals surface area contributed by atoms with E-state index in [1.165, 1.54) is 12.1 Å². The van der Waals surface area contributed by atoms with Crippen LogP contribution in [0.25, 0.3) is 0 Å². The summed E-state index contributed by atoms with van der Waals surface area (Å²) in [5.74, 6) is -0.327. The van der Waals surface area contributed by atoms with Gasteiger partial charge < -0.3 is 4.57 Å². The van der Waals surface area contributed by atoms with Crippen LogP contribution in [0.15, 0.2) is 84.9 Å². The molecule has 3 aromatic carbocycles. The van der Waals surface area contributed by atoms with Gasteiger partial charge in [-0.1, -0.05) is 60.7 Å². The first-order valence-electron chi connectivity index (χ1n) is 6.69. The van der Waals surface area contributed by atoms with Gasteiger partial charge in [0.15, 0.2) is 7.14 Å². The predicted molar refractivity (Wildman–Crippen MR) is 85.8 cm³/mol. The zero-order valence-corrected chi connectivity index (χ0v) is 12.2. The Balaban J connectivity index is 2.26. The van der Waals surface area contributed by atoms with Crippen molar-refractivity contribution < 1.29 is 8.96 Å². The Bertz CT molecular complexity index is 724. The maximum Gasteiger partial charge on any atom is 0.171 e. The second-order valence-electron chi connectivity index (χ2n) is 4.76. The minimum Gasteiger partial charge on any atom is -0.309 e. The molecule has 1 nitrogen and oxygen atoms in total. The second kappa shape index (κ2) is 5.67. The van der Waals surface area contributed by atoms with Gasteiger partial charge >= 0.3 is 0 Å². The van der Waals surface area contributed by atoms with Crippen LogP contribution in [0.1, 0.15) is 0 Å². The minimum atomic E-state index is -2.96. The van der Waals surface area contributed by atoms with Gasteiger partial charge in [0.05, 0.1) is 0 Å². The normalized spacial score (nSPS) is 11.3. The first kappa shape index (κ1) is 13.8. The molecular weight excluding hydrogens is 282 g/mol. The van der Waals surface area contributed by atoms with E-state index in [4.69, 9.17) is 0 Å². The monoisotopic (exact) mass is 296 g/mol. The van der Waals surface area contributed by atoms with Crippen molar-refractivity contribution in [3.05, 3.63) is 90.7 Å². The molecule has 0 heterocycles. The molecule has 0 radical (unpaired) electrons. The van der Waals surface area contributed by atoms with Crippen LogP contribution in [0.3, 0.4) is 0 Å². The van der Waals surface area contributed by atoms with Gasteiger partial charge in [0.1, 0.15) is 5.82 Å². The van der Waals surface area contributed by atoms with E-state index in [0.29, 0.717) is 5.30 Å². The van der Waals surface area contributed by atoms with Crippen LogP contribution in [-0.4, -0.2) is 0 Å². The molecule has 3 aromatic rings. The maximum absolute atomic E-state index is 13.8. The van der Waals surface area contributed by atoms with Gasteiger partial charge in [-0.05, 0) is 24.3 Å². The lowest BCUT2D eigenvalue weighted by atomic mass is 10.3. The van der Waals surface area contributed by atoms with Crippen LogP contribution >= 0.6 is 7.14 Å². The molecule has 0 atom stereocenters. The standard InChI is InChI=1S/C18H14FOP/c19-15-11-13-18(14-12-15)21(20,16-7-3-1-4-8-16)17-9-5-2-6-10-17/h1-14H. The van der Waals surface area contributed by atoms with Gasteiger partial charge in [0.25, 0.3) is 0 Å². The molecule has 21 heavy (non-hydrogen) atoms. The molecule has 0 aliphatic carbocycles. The highest BCUT2D eigenvalue weighted by molar-refractivity contribution is 7.85. The molecule has 0 aromatic heterocycles. The van der Waals surface area contributed by atoms with Crippen LogP contribution in [0.4, 0.5) is 4.39 Å². The van der Waals surface area contributed by atoms with Crippen molar-refractivity contribution >= 4 is 23.1 Å². The Kier molecular flexibility index (Phi) is 3.72. The van der Waals surface area contributed by atoms with Crippen molar-refractivity contribution in [3.63, 3.8) is 0 Å². The summed E-state index contributed by atoms with van der Waals surface area (Å²) in [5, 5.41) is 2.15. The average molecular weight is 296 g/mol. The third-order valence-corrected chi connectivity index (χ3v) is 6.51. The largest absolute Gasteiger partial charge is 0.309 e. The van der Waals surface area contributed by atoms with Crippen molar-refractivity contribution in [2.24, 2.45) is 0 Å². The van der Waals surface area contributed by atoms with Crippen molar-refractivity contribution in [1.82, 2.24) is 0 Å². The summed E-state index contributed by atoms with van der Waals surface area (Å²) >= 11 is 0. The van der Waals surface area contributed by atoms with E-state index in [-0.39, 0.29) is 5.82 Å². The molecule has 0 saturated carbocycles. The summed E-state index contributed by atoms with van der Waals surface area (Å²) in [6.45, 7) is 0. The lowest BCUT2D eigenvalue weighted by Crippen LogP contribution is -2.24. The molecular formula is C18H14FOP. The highest BCUT2D eigenvalue weighted by Crippen LogP contribution is 2.41. The molecule has 3 heteroatoms. The molecule has 0 unspecified atom stereocenters. The second-order valence-corrected chi connectivity index (χ2v) is 7.52. The highest BCUT2D eigenvalue weighted by Gasteiger charge is 2.29. The van der Waals surface area contributed by atoms with E-state index in [9.17, 15) is 8.96 Å². The van der Waals surface area contributed by atoms with E-state index < -0.39 is 7.14 Å². The topological polar surface area (TPSA) is 17.1 Å². The van der Waals surface area contributed by atoms with E-state index in [1.807, 2.05) is 60.7 Å². The van der Waals surface area contributed by atoms with Gasteiger partial charge in [0.2, 0.25) is 0 Å². The zero-order chi connectivity index (χ0) is 14.7. The number of halogens is 1. The Morgan fingerprint density at radius 1 is 0.571 bits per heavy atom. The summed E-state index contributed by atoms with van der Waals surface area (Å²) in [5.41, 5.74) is 0. The fraction of sp³-hybridized carbons (Fsp3) is 0. The van der Waals surface area contributed by atoms with Crippen LogP contribution in [-0.2, 0) is 4.57 Å². The highest BCUT2D eigenvalue weighted by atomic mass is 31.2. The summed E-state index contributed by atoms with van der Waals surface area (Å²) in [6, 6.07) is 24.6. The van der Waals surface area contributed by atoms with Gasteiger partial charge in [0, 0.05) is 15.9 Å². The number of hydrogen-bond acceptors (Lipinski definition) is 1. The Morgan fingerprint density at radius 3 is 1.38 bits per heavy atom. The summed E-state index contributed by atoms with van der Waals surface area (Å²) in [7, 11) is -2.96. The van der Waals surface area contributed by atoms with Gasteiger partial charge in [-0.2, -0.15) is 0 Å². The molecule has 104 valence electrons. The molecule has 0 spiro atoms. The molecule has 0 fully saturated rings. The molecule has 0 aliphatic rings. The van der Waals surface area contributed by atoms with E-state index >= 15 is 0 Å². The SMILES string of the molecule is O=P(c1ccccc1)(c1ccccc1)c1ccc(F)cc1. The third kappa shape index (κ3) is 2.55. The summed E-state index contributed by atoms with van der Waals surface area (Å²) < 4.78 is 27.0. The van der Waals surface area contributed by atoms with Crippen LogP contribution in [0.5, 0.6) is 0 Å². The van der Waals surface area contributed by atoms with Crippen LogP contribution in [0, 0.1) is 5.82 Å². The van der Waals surface area contributed by atoms with Crippen LogP contribution in [0.2, 0.25) is 0 Å². The minimum absolute atomic E-state index is 0.327. The number of benzene rings is 3. The summed E-state index contributed by atoms with van der Waals surface area (Å²) in [6.07, 6.45) is 0. The van der Waals surface area contributed by atoms with Gasteiger partial charge in [-0.25, -0.2) is 4.39 Å². The molecule has 0 bridgehead atoms. The molecule has 0 aliphatic heterocycles. The maximum atomic E-state index is 13.8. The van der Waals surface area contributed by atoms with Gasteiger partial charge in [-0.3, -0.25) is 0 Å². The fourth-order valence-corrected chi connectivity index (χ4v) is 5.02. The van der Waals surface area contributed by atoms with E-state index in [1.54, 1.807) is 12.1 Å². The first-order chi connectivity index (χ1) is 10.2. The molecule has 0 amide bonds. The van der Waals surface area contributed by atoms with Crippen LogP contribution < -0.4 is 15.9 Å². The first-order valence-corrected chi connectivity index (χ1v) is 8.39. The zero-order valence-electron chi connectivity index (χ0n) is 11.3. The van der Waals surface area contributed by atoms with Gasteiger partial charge in [-0.15, -0.1) is 0 Å². The van der Waals surface area contributed by atoms with E-state index in [2.05, 4.69) is 0 Å². The third-order valence-electron chi connectivity index (χ3n) is 3.43. The average Bonchev–Trinajstić information content (AvgIpc) is 2.56. The molecule has 0 N–H and O–H groups in total. The Morgan fingerprint density at radius 2 is 0.952 bits per heavy atom. The Labute approximate surface area is 123 Å². The lowest BCUT2D eigenvalue weighted by Gasteiger charge is -2.19. The smallest absolute Gasteiger partial charge is 0.171 e. The quantitative estimate of drug-likeness (QED) is 0.676. The van der Waals surface area contributed by atoms with Crippen molar-refractivity contribution in [1.29, 1.82) is 0 Å². The number of hydrogen-bond donors (Lipinski definition) is 0. The van der Waals surface area contributed by atoms with Crippen molar-refractivity contribution in [2.45, 2.75) is 0 Å². The predicted octanol–water partition coefficient (Wildman–Crippen LogP) is 3.47. The lowest BCUT2D eigenvalue weighted by molar-refractivity contribution is 0.592. The summed E-state index contributed by atoms with van der Waals surface area (Å²) in [4.78, 5) is 0. The van der Waals surface area contributed by atoms with Crippen molar-refractivity contribution in [3.8, 4) is 0 Å². The van der Waals surface area contributed by atoms with E-state index in [0.717, 1.165) is 10.6 Å².